The van der Waals surface area contributed by atoms with Gasteiger partial charge in [-0.2, -0.15) is 0 Å². The highest BCUT2D eigenvalue weighted by atomic mass is 32.2. The van der Waals surface area contributed by atoms with Crippen molar-refractivity contribution in [3.8, 4) is 5.75 Å². The number of carbonyl (C=O) groups is 1. The predicted molar refractivity (Wildman–Crippen MR) is 120 cm³/mol. The van der Waals surface area contributed by atoms with Gasteiger partial charge >= 0.3 is 0 Å². The van der Waals surface area contributed by atoms with Crippen LogP contribution in [0.4, 0.5) is 0 Å². The van der Waals surface area contributed by atoms with Crippen molar-refractivity contribution in [3.63, 3.8) is 0 Å². The van der Waals surface area contributed by atoms with Crippen LogP contribution in [-0.2, 0) is 32.5 Å². The molecule has 0 aliphatic heterocycles. The maximum atomic E-state index is 12.1. The number of hydrogen-bond donors (Lipinski definition) is 2. The molecule has 6 nitrogen and oxygen atoms in total. The molecule has 2 rings (SSSR count). The second-order valence-electron chi connectivity index (χ2n) is 8.69. The fourth-order valence-corrected chi connectivity index (χ4v) is 4.26. The number of carbonyl (C=O) groups excluding carboxylic acids is 1. The summed E-state index contributed by atoms with van der Waals surface area (Å²) in [4.78, 5) is 12.1. The standard InChI is InChI=1S/C23H32N2O4S/c1-17(2)25-30(27,28)16-19-11-9-18(10-12-19)14-24-22(26)15-29-21-8-6-7-20(13-21)23(3,4)5/h6-13,17,25H,14-16H2,1-5H3,(H,24,26). The Bertz CT molecular complexity index is 946. The van der Waals surface area contributed by atoms with Crippen LogP contribution in [0, 0.1) is 0 Å². The fourth-order valence-electron chi connectivity index (χ4n) is 2.83. The van der Waals surface area contributed by atoms with E-state index in [1.807, 2.05) is 36.4 Å². The molecule has 0 saturated carbocycles. The molecule has 0 aromatic heterocycles. The Kier molecular flexibility index (Phi) is 8.03. The molecule has 0 atom stereocenters. The summed E-state index contributed by atoms with van der Waals surface area (Å²) in [6.07, 6.45) is 0. The highest BCUT2D eigenvalue weighted by Crippen LogP contribution is 2.25. The van der Waals surface area contributed by atoms with Crippen LogP contribution in [0.2, 0.25) is 0 Å². The second kappa shape index (κ2) is 10.1. The topological polar surface area (TPSA) is 84.5 Å². The Hall–Kier alpha value is -2.38. The quantitative estimate of drug-likeness (QED) is 0.635. The van der Waals surface area contributed by atoms with Crippen molar-refractivity contribution in [1.29, 1.82) is 0 Å². The molecule has 0 radical (unpaired) electrons. The van der Waals surface area contributed by atoms with Crippen LogP contribution in [0.3, 0.4) is 0 Å². The van der Waals surface area contributed by atoms with E-state index in [0.29, 0.717) is 17.9 Å². The van der Waals surface area contributed by atoms with Crippen LogP contribution in [0.15, 0.2) is 48.5 Å². The molecule has 2 N–H and O–H groups in total. The molecule has 30 heavy (non-hydrogen) atoms. The van der Waals surface area contributed by atoms with Gasteiger partial charge in [0.25, 0.3) is 5.91 Å². The summed E-state index contributed by atoms with van der Waals surface area (Å²) in [6, 6.07) is 14.8. The molecule has 1 amide bonds. The minimum absolute atomic E-state index is 0.0119. The Morgan fingerprint density at radius 1 is 1.03 bits per heavy atom. The Morgan fingerprint density at radius 2 is 1.67 bits per heavy atom. The van der Waals surface area contributed by atoms with Gasteiger partial charge in [-0.15, -0.1) is 0 Å². The zero-order valence-corrected chi connectivity index (χ0v) is 19.2. The average molecular weight is 433 g/mol. The third-order valence-electron chi connectivity index (χ3n) is 4.35. The van der Waals surface area contributed by atoms with Crippen molar-refractivity contribution >= 4 is 15.9 Å². The molecular formula is C23H32N2O4S. The smallest absolute Gasteiger partial charge is 0.258 e. The van der Waals surface area contributed by atoms with E-state index in [9.17, 15) is 13.2 Å². The first-order chi connectivity index (χ1) is 13.9. The van der Waals surface area contributed by atoms with Crippen molar-refractivity contribution in [2.75, 3.05) is 6.61 Å². The third-order valence-corrected chi connectivity index (χ3v) is 5.90. The molecule has 2 aromatic carbocycles. The number of amides is 1. The molecule has 0 heterocycles. The van der Waals surface area contributed by atoms with Crippen LogP contribution in [0.1, 0.15) is 51.3 Å². The highest BCUT2D eigenvalue weighted by molar-refractivity contribution is 7.88. The summed E-state index contributed by atoms with van der Waals surface area (Å²) in [5.74, 6) is 0.376. The molecule has 0 aliphatic rings. The van der Waals surface area contributed by atoms with Gasteiger partial charge in [0.2, 0.25) is 10.0 Å². The van der Waals surface area contributed by atoms with Crippen LogP contribution < -0.4 is 14.8 Å². The summed E-state index contributed by atoms with van der Waals surface area (Å²) < 4.78 is 32.2. The Balaban J connectivity index is 1.82. The Morgan fingerprint density at radius 3 is 2.27 bits per heavy atom. The van der Waals surface area contributed by atoms with Crippen molar-refractivity contribution < 1.29 is 17.9 Å². The van der Waals surface area contributed by atoms with Crippen molar-refractivity contribution in [1.82, 2.24) is 10.0 Å². The number of sulfonamides is 1. The summed E-state index contributed by atoms with van der Waals surface area (Å²) in [5.41, 5.74) is 2.74. The largest absolute Gasteiger partial charge is 0.484 e. The van der Waals surface area contributed by atoms with Crippen LogP contribution in [0.5, 0.6) is 5.75 Å². The average Bonchev–Trinajstić information content (AvgIpc) is 2.64. The molecule has 7 heteroatoms. The molecule has 0 bridgehead atoms. The van der Waals surface area contributed by atoms with Gasteiger partial charge in [-0.25, -0.2) is 13.1 Å². The number of nitrogens with one attached hydrogen (secondary N) is 2. The van der Waals surface area contributed by atoms with Gasteiger partial charge in [0, 0.05) is 12.6 Å². The molecule has 0 aliphatic carbocycles. The number of benzene rings is 2. The van der Waals surface area contributed by atoms with Gasteiger partial charge in [-0.05, 0) is 48.1 Å². The molecule has 164 valence electrons. The zero-order valence-electron chi connectivity index (χ0n) is 18.4. The summed E-state index contributed by atoms with van der Waals surface area (Å²) in [7, 11) is -3.35. The molecule has 2 aromatic rings. The summed E-state index contributed by atoms with van der Waals surface area (Å²) in [6.45, 7) is 10.2. The van der Waals surface area contributed by atoms with Crippen molar-refractivity contribution in [2.45, 2.75) is 58.4 Å². The Labute approximate surface area is 180 Å². The lowest BCUT2D eigenvalue weighted by atomic mass is 9.87. The fraction of sp³-hybridized carbons (Fsp3) is 0.435. The number of ether oxygens (including phenoxy) is 1. The molecule has 0 saturated heterocycles. The van der Waals surface area contributed by atoms with E-state index in [1.54, 1.807) is 26.0 Å². The van der Waals surface area contributed by atoms with Crippen LogP contribution >= 0.6 is 0 Å². The molecular weight excluding hydrogens is 400 g/mol. The zero-order chi connectivity index (χ0) is 22.4. The maximum Gasteiger partial charge on any atom is 0.258 e. The monoisotopic (exact) mass is 432 g/mol. The lowest BCUT2D eigenvalue weighted by Crippen LogP contribution is -2.31. The van der Waals surface area contributed by atoms with Gasteiger partial charge in [0.15, 0.2) is 6.61 Å². The third kappa shape index (κ3) is 8.16. The second-order valence-corrected chi connectivity index (χ2v) is 10.4. The van der Waals surface area contributed by atoms with Gasteiger partial charge in [0.1, 0.15) is 5.75 Å². The van der Waals surface area contributed by atoms with Crippen molar-refractivity contribution in [3.05, 3.63) is 65.2 Å². The van der Waals surface area contributed by atoms with E-state index in [2.05, 4.69) is 30.8 Å². The van der Waals surface area contributed by atoms with Crippen LogP contribution in [0.25, 0.3) is 0 Å². The summed E-state index contributed by atoms with van der Waals surface area (Å²) in [5, 5.41) is 2.81. The first-order valence-corrected chi connectivity index (χ1v) is 11.7. The van der Waals surface area contributed by atoms with Gasteiger partial charge in [-0.3, -0.25) is 4.79 Å². The van der Waals surface area contributed by atoms with Gasteiger partial charge < -0.3 is 10.1 Å². The molecule has 0 spiro atoms. The van der Waals surface area contributed by atoms with Crippen LogP contribution in [-0.4, -0.2) is 27.0 Å². The summed E-state index contributed by atoms with van der Waals surface area (Å²) >= 11 is 0. The minimum atomic E-state index is -3.35. The first kappa shape index (κ1) is 23.9. The van der Waals surface area contributed by atoms with Gasteiger partial charge in [-0.1, -0.05) is 57.2 Å². The molecule has 0 fully saturated rings. The van der Waals surface area contributed by atoms with E-state index in [0.717, 1.165) is 11.1 Å². The minimum Gasteiger partial charge on any atom is -0.484 e. The normalized spacial score (nSPS) is 12.1. The van der Waals surface area contributed by atoms with E-state index in [-0.39, 0.29) is 29.7 Å². The van der Waals surface area contributed by atoms with E-state index in [1.165, 1.54) is 0 Å². The number of rotatable bonds is 9. The van der Waals surface area contributed by atoms with E-state index < -0.39 is 10.0 Å². The first-order valence-electron chi connectivity index (χ1n) is 10.0. The SMILES string of the molecule is CC(C)NS(=O)(=O)Cc1ccc(CNC(=O)COc2cccc(C(C)(C)C)c2)cc1. The lowest BCUT2D eigenvalue weighted by Gasteiger charge is -2.19. The molecule has 0 unspecified atom stereocenters. The van der Waals surface area contributed by atoms with Gasteiger partial charge in [0.05, 0.1) is 5.75 Å². The number of hydrogen-bond acceptors (Lipinski definition) is 4. The van der Waals surface area contributed by atoms with E-state index in [4.69, 9.17) is 4.74 Å². The van der Waals surface area contributed by atoms with Crippen molar-refractivity contribution in [2.24, 2.45) is 0 Å². The maximum absolute atomic E-state index is 12.1. The van der Waals surface area contributed by atoms with E-state index >= 15 is 0 Å². The highest BCUT2D eigenvalue weighted by Gasteiger charge is 2.15. The lowest BCUT2D eigenvalue weighted by molar-refractivity contribution is -0.123. The predicted octanol–water partition coefficient (Wildman–Crippen LogP) is 3.51.